The third-order valence-electron chi connectivity index (χ3n) is 2.83. The van der Waals surface area contributed by atoms with E-state index in [9.17, 15) is 0 Å². The fourth-order valence-electron chi connectivity index (χ4n) is 1.81. The van der Waals surface area contributed by atoms with E-state index in [1.54, 1.807) is 4.68 Å². The monoisotopic (exact) mass is 233 g/mol. The first-order valence-electron chi connectivity index (χ1n) is 5.36. The lowest BCUT2D eigenvalue weighted by molar-refractivity contribution is 0.845. The minimum absolute atomic E-state index is 0.603. The van der Waals surface area contributed by atoms with Crippen LogP contribution in [-0.2, 0) is 0 Å². The SMILES string of the molecule is Nc1cc(C2CC2)nn1-c1ccccc1Cl. The van der Waals surface area contributed by atoms with Gasteiger partial charge in [0.1, 0.15) is 5.82 Å². The van der Waals surface area contributed by atoms with E-state index >= 15 is 0 Å². The number of nitrogens with two attached hydrogens (primary N) is 1. The summed E-state index contributed by atoms with van der Waals surface area (Å²) in [6, 6.07) is 9.53. The normalized spacial score (nSPS) is 15.3. The van der Waals surface area contributed by atoms with Gasteiger partial charge in [0.2, 0.25) is 0 Å². The lowest BCUT2D eigenvalue weighted by Gasteiger charge is -2.05. The molecule has 0 saturated heterocycles. The minimum atomic E-state index is 0.603. The Morgan fingerprint density at radius 2 is 2.06 bits per heavy atom. The van der Waals surface area contributed by atoms with Crippen LogP contribution in [0, 0.1) is 0 Å². The number of nitrogen functional groups attached to an aromatic ring is 1. The molecule has 1 fully saturated rings. The van der Waals surface area contributed by atoms with Gasteiger partial charge in [-0.3, -0.25) is 0 Å². The molecule has 1 aromatic heterocycles. The zero-order chi connectivity index (χ0) is 11.1. The highest BCUT2D eigenvalue weighted by molar-refractivity contribution is 6.32. The smallest absolute Gasteiger partial charge is 0.127 e. The molecule has 1 aliphatic carbocycles. The molecular formula is C12H12ClN3. The first kappa shape index (κ1) is 9.73. The zero-order valence-electron chi connectivity index (χ0n) is 8.73. The molecule has 3 nitrogen and oxygen atoms in total. The summed E-state index contributed by atoms with van der Waals surface area (Å²) in [5.41, 5.74) is 7.87. The van der Waals surface area contributed by atoms with Gasteiger partial charge >= 0.3 is 0 Å². The fraction of sp³-hybridized carbons (Fsp3) is 0.250. The number of hydrogen-bond donors (Lipinski definition) is 1. The Labute approximate surface area is 98.8 Å². The number of benzene rings is 1. The molecule has 1 aliphatic rings. The van der Waals surface area contributed by atoms with Gasteiger partial charge in [-0.25, -0.2) is 4.68 Å². The third-order valence-corrected chi connectivity index (χ3v) is 3.15. The molecule has 0 amide bonds. The first-order chi connectivity index (χ1) is 7.75. The van der Waals surface area contributed by atoms with Crippen LogP contribution in [0.25, 0.3) is 5.69 Å². The lowest BCUT2D eigenvalue weighted by atomic mass is 10.3. The quantitative estimate of drug-likeness (QED) is 0.867. The third kappa shape index (κ3) is 1.57. The molecule has 0 atom stereocenters. The Bertz CT molecular complexity index is 529. The van der Waals surface area contributed by atoms with Crippen LogP contribution in [0.15, 0.2) is 30.3 Å². The highest BCUT2D eigenvalue weighted by atomic mass is 35.5. The molecule has 1 saturated carbocycles. The summed E-state index contributed by atoms with van der Waals surface area (Å²) >= 11 is 6.12. The topological polar surface area (TPSA) is 43.8 Å². The van der Waals surface area contributed by atoms with Crippen molar-refractivity contribution in [2.24, 2.45) is 0 Å². The average molecular weight is 234 g/mol. The van der Waals surface area contributed by atoms with Crippen molar-refractivity contribution in [2.45, 2.75) is 18.8 Å². The molecule has 2 N–H and O–H groups in total. The van der Waals surface area contributed by atoms with Gasteiger partial charge in [-0.15, -0.1) is 0 Å². The van der Waals surface area contributed by atoms with Gasteiger partial charge in [0.05, 0.1) is 16.4 Å². The summed E-state index contributed by atoms with van der Waals surface area (Å²) in [4.78, 5) is 0. The second-order valence-electron chi connectivity index (χ2n) is 4.13. The molecule has 82 valence electrons. The highest BCUT2D eigenvalue weighted by Gasteiger charge is 2.27. The summed E-state index contributed by atoms with van der Waals surface area (Å²) < 4.78 is 1.72. The van der Waals surface area contributed by atoms with E-state index in [2.05, 4.69) is 5.10 Å². The van der Waals surface area contributed by atoms with Gasteiger partial charge < -0.3 is 5.73 Å². The second-order valence-corrected chi connectivity index (χ2v) is 4.54. The van der Waals surface area contributed by atoms with Crippen molar-refractivity contribution in [1.82, 2.24) is 9.78 Å². The molecule has 1 aromatic carbocycles. The zero-order valence-corrected chi connectivity index (χ0v) is 9.48. The van der Waals surface area contributed by atoms with Crippen molar-refractivity contribution in [2.75, 3.05) is 5.73 Å². The predicted molar refractivity (Wildman–Crippen MR) is 65.0 cm³/mol. The predicted octanol–water partition coefficient (Wildman–Crippen LogP) is 2.99. The van der Waals surface area contributed by atoms with E-state index in [4.69, 9.17) is 17.3 Å². The molecule has 0 unspecified atom stereocenters. The van der Waals surface area contributed by atoms with Crippen LogP contribution in [0.4, 0.5) is 5.82 Å². The maximum absolute atomic E-state index is 6.12. The van der Waals surface area contributed by atoms with E-state index in [1.165, 1.54) is 12.8 Å². The first-order valence-corrected chi connectivity index (χ1v) is 5.74. The standard InChI is InChI=1S/C12H12ClN3/c13-9-3-1-2-4-11(9)16-12(14)7-10(15-16)8-5-6-8/h1-4,7-8H,5-6,14H2. The number of hydrogen-bond acceptors (Lipinski definition) is 2. The van der Waals surface area contributed by atoms with Gasteiger partial charge in [0.25, 0.3) is 0 Å². The molecule has 0 aliphatic heterocycles. The Morgan fingerprint density at radius 1 is 1.31 bits per heavy atom. The van der Waals surface area contributed by atoms with E-state index in [0.717, 1.165) is 11.4 Å². The van der Waals surface area contributed by atoms with E-state index in [1.807, 2.05) is 30.3 Å². The van der Waals surface area contributed by atoms with Gasteiger partial charge in [0, 0.05) is 12.0 Å². The summed E-state index contributed by atoms with van der Waals surface area (Å²) in [6.45, 7) is 0. The van der Waals surface area contributed by atoms with E-state index in [-0.39, 0.29) is 0 Å². The Balaban J connectivity index is 2.08. The Hall–Kier alpha value is -1.48. The Kier molecular flexibility index (Phi) is 2.14. The van der Waals surface area contributed by atoms with Crippen molar-refractivity contribution in [3.8, 4) is 5.69 Å². The maximum atomic E-state index is 6.12. The van der Waals surface area contributed by atoms with Crippen LogP contribution in [0.5, 0.6) is 0 Å². The summed E-state index contributed by atoms with van der Waals surface area (Å²) in [6.07, 6.45) is 2.44. The van der Waals surface area contributed by atoms with Gasteiger partial charge in [0.15, 0.2) is 0 Å². The lowest BCUT2D eigenvalue weighted by Crippen LogP contribution is -2.02. The molecule has 16 heavy (non-hydrogen) atoms. The van der Waals surface area contributed by atoms with Crippen molar-refractivity contribution in [3.05, 3.63) is 41.0 Å². The average Bonchev–Trinajstić information content (AvgIpc) is 3.04. The van der Waals surface area contributed by atoms with Crippen molar-refractivity contribution in [3.63, 3.8) is 0 Å². The number of rotatable bonds is 2. The summed E-state index contributed by atoms with van der Waals surface area (Å²) in [5, 5.41) is 5.18. The second kappa shape index (κ2) is 3.52. The number of aromatic nitrogens is 2. The molecular weight excluding hydrogens is 222 g/mol. The maximum Gasteiger partial charge on any atom is 0.127 e. The van der Waals surface area contributed by atoms with Crippen molar-refractivity contribution >= 4 is 17.4 Å². The largest absolute Gasteiger partial charge is 0.384 e. The summed E-state index contributed by atoms with van der Waals surface area (Å²) in [7, 11) is 0. The molecule has 0 spiro atoms. The number of anilines is 1. The van der Waals surface area contributed by atoms with Gasteiger partial charge in [-0.05, 0) is 25.0 Å². The fourth-order valence-corrected chi connectivity index (χ4v) is 2.03. The van der Waals surface area contributed by atoms with Crippen LogP contribution in [0.3, 0.4) is 0 Å². The molecule has 3 rings (SSSR count). The van der Waals surface area contributed by atoms with Gasteiger partial charge in [-0.2, -0.15) is 5.10 Å². The van der Waals surface area contributed by atoms with Crippen molar-refractivity contribution < 1.29 is 0 Å². The van der Waals surface area contributed by atoms with Crippen molar-refractivity contribution in [1.29, 1.82) is 0 Å². The van der Waals surface area contributed by atoms with Crippen LogP contribution in [0.1, 0.15) is 24.5 Å². The molecule has 0 radical (unpaired) electrons. The van der Waals surface area contributed by atoms with Crippen LogP contribution in [-0.4, -0.2) is 9.78 Å². The van der Waals surface area contributed by atoms with E-state index < -0.39 is 0 Å². The molecule has 2 aromatic rings. The van der Waals surface area contributed by atoms with Crippen LogP contribution >= 0.6 is 11.6 Å². The minimum Gasteiger partial charge on any atom is -0.384 e. The number of nitrogens with zero attached hydrogens (tertiary/aromatic N) is 2. The van der Waals surface area contributed by atoms with Crippen LogP contribution < -0.4 is 5.73 Å². The van der Waals surface area contributed by atoms with Gasteiger partial charge in [-0.1, -0.05) is 23.7 Å². The van der Waals surface area contributed by atoms with Crippen LogP contribution in [0.2, 0.25) is 5.02 Å². The molecule has 0 bridgehead atoms. The highest BCUT2D eigenvalue weighted by Crippen LogP contribution is 2.40. The molecule has 1 heterocycles. The van der Waals surface area contributed by atoms with E-state index in [0.29, 0.717) is 16.8 Å². The Morgan fingerprint density at radius 3 is 2.75 bits per heavy atom. The summed E-state index contributed by atoms with van der Waals surface area (Å²) in [5.74, 6) is 1.25. The number of para-hydroxylation sites is 1. The molecule has 4 heteroatoms. The number of halogens is 1.